The lowest BCUT2D eigenvalue weighted by molar-refractivity contribution is 0.548. The number of hydrogen-bond acceptors (Lipinski definition) is 1. The zero-order valence-electron chi connectivity index (χ0n) is 10.8. The Labute approximate surface area is 102 Å². The van der Waals surface area contributed by atoms with E-state index in [0.29, 0.717) is 0 Å². The van der Waals surface area contributed by atoms with Gasteiger partial charge in [0.25, 0.3) is 0 Å². The van der Waals surface area contributed by atoms with Gasteiger partial charge in [-0.25, -0.2) is 0 Å². The van der Waals surface area contributed by atoms with Crippen LogP contribution in [0, 0.1) is 0 Å². The summed E-state index contributed by atoms with van der Waals surface area (Å²) in [5.41, 5.74) is 0. The largest absolute Gasteiger partial charge is 0.317 e. The molecule has 0 amide bonds. The second-order valence-corrected chi connectivity index (χ2v) is 4.98. The zero-order chi connectivity index (χ0) is 11.3. The number of rotatable bonds is 0. The van der Waals surface area contributed by atoms with Gasteiger partial charge < -0.3 is 5.32 Å². The van der Waals surface area contributed by atoms with E-state index in [1.54, 1.807) is 0 Å². The molecule has 1 heterocycles. The highest BCUT2D eigenvalue weighted by Crippen LogP contribution is 2.09. The van der Waals surface area contributed by atoms with Crippen molar-refractivity contribution in [1.29, 1.82) is 0 Å². The summed E-state index contributed by atoms with van der Waals surface area (Å²) in [6, 6.07) is 0. The van der Waals surface area contributed by atoms with Crippen LogP contribution >= 0.6 is 0 Å². The van der Waals surface area contributed by atoms with Crippen LogP contribution in [0.2, 0.25) is 0 Å². The third-order valence-corrected chi connectivity index (χ3v) is 3.37. The normalized spacial score (nSPS) is 23.0. The lowest BCUT2D eigenvalue weighted by Crippen LogP contribution is -2.16. The molecule has 0 radical (unpaired) electrons. The first kappa shape index (κ1) is 13.8. The summed E-state index contributed by atoms with van der Waals surface area (Å²) in [4.78, 5) is 0. The van der Waals surface area contributed by atoms with E-state index in [2.05, 4.69) is 17.5 Å². The molecule has 1 N–H and O–H groups in total. The van der Waals surface area contributed by atoms with Crippen LogP contribution in [0.4, 0.5) is 0 Å². The third kappa shape index (κ3) is 8.96. The molecule has 0 unspecified atom stereocenters. The van der Waals surface area contributed by atoms with Crippen LogP contribution in [-0.2, 0) is 0 Å². The van der Waals surface area contributed by atoms with Crippen LogP contribution in [0.5, 0.6) is 0 Å². The van der Waals surface area contributed by atoms with Crippen molar-refractivity contribution in [3.63, 3.8) is 0 Å². The first-order valence-electron chi connectivity index (χ1n) is 7.36. The van der Waals surface area contributed by atoms with Crippen LogP contribution in [0.1, 0.15) is 70.6 Å². The molecule has 0 spiro atoms. The zero-order valence-corrected chi connectivity index (χ0v) is 10.8. The summed E-state index contributed by atoms with van der Waals surface area (Å²) < 4.78 is 0. The highest BCUT2D eigenvalue weighted by atomic mass is 14.8. The average molecular weight is 223 g/mol. The molecule has 1 nitrogen and oxygen atoms in total. The number of nitrogens with one attached hydrogen (secondary N) is 1. The van der Waals surface area contributed by atoms with E-state index in [4.69, 9.17) is 0 Å². The Morgan fingerprint density at radius 2 is 0.938 bits per heavy atom. The monoisotopic (exact) mass is 223 g/mol. The molecule has 16 heavy (non-hydrogen) atoms. The molecule has 0 saturated carbocycles. The van der Waals surface area contributed by atoms with E-state index in [-0.39, 0.29) is 0 Å². The first-order valence-corrected chi connectivity index (χ1v) is 7.36. The molecule has 0 aromatic heterocycles. The minimum absolute atomic E-state index is 1.22. The molecular weight excluding hydrogens is 194 g/mol. The molecule has 0 bridgehead atoms. The summed E-state index contributed by atoms with van der Waals surface area (Å²) in [6.07, 6.45) is 20.0. The minimum Gasteiger partial charge on any atom is -0.317 e. The Morgan fingerprint density at radius 1 is 0.500 bits per heavy atom. The van der Waals surface area contributed by atoms with Crippen LogP contribution in [0.3, 0.4) is 0 Å². The van der Waals surface area contributed by atoms with E-state index in [1.807, 2.05) is 0 Å². The molecule has 0 fully saturated rings. The van der Waals surface area contributed by atoms with Crippen LogP contribution in [0.15, 0.2) is 12.2 Å². The van der Waals surface area contributed by atoms with Crippen molar-refractivity contribution < 1.29 is 0 Å². The van der Waals surface area contributed by atoms with Gasteiger partial charge in [-0.05, 0) is 51.6 Å². The molecule has 0 aromatic rings. The highest BCUT2D eigenvalue weighted by Gasteiger charge is 1.93. The van der Waals surface area contributed by atoms with Gasteiger partial charge in [-0.2, -0.15) is 0 Å². The molecule has 1 aliphatic heterocycles. The molecule has 0 atom stereocenters. The van der Waals surface area contributed by atoms with Crippen molar-refractivity contribution in [2.24, 2.45) is 0 Å². The Kier molecular flexibility index (Phi) is 9.63. The SMILES string of the molecule is C1=CCCCCNCCCCCCCCC1. The smallest absolute Gasteiger partial charge is 0.00488 e. The second kappa shape index (κ2) is 11.2. The van der Waals surface area contributed by atoms with Crippen molar-refractivity contribution in [2.75, 3.05) is 13.1 Å². The maximum atomic E-state index is 3.54. The van der Waals surface area contributed by atoms with Gasteiger partial charge >= 0.3 is 0 Å². The highest BCUT2D eigenvalue weighted by molar-refractivity contribution is 4.81. The Morgan fingerprint density at radius 3 is 1.62 bits per heavy atom. The van der Waals surface area contributed by atoms with Crippen molar-refractivity contribution in [1.82, 2.24) is 5.32 Å². The predicted molar refractivity (Wildman–Crippen MR) is 72.8 cm³/mol. The molecular formula is C15H29N. The van der Waals surface area contributed by atoms with E-state index in [1.165, 1.54) is 83.7 Å². The lowest BCUT2D eigenvalue weighted by Gasteiger charge is -2.05. The van der Waals surface area contributed by atoms with Gasteiger partial charge in [0.2, 0.25) is 0 Å². The van der Waals surface area contributed by atoms with Crippen molar-refractivity contribution in [3.8, 4) is 0 Å². The summed E-state index contributed by atoms with van der Waals surface area (Å²) in [7, 11) is 0. The van der Waals surface area contributed by atoms with Gasteiger partial charge in [0.05, 0.1) is 0 Å². The summed E-state index contributed by atoms with van der Waals surface area (Å²) in [5, 5.41) is 3.54. The number of hydrogen-bond donors (Lipinski definition) is 1. The topological polar surface area (TPSA) is 12.0 Å². The van der Waals surface area contributed by atoms with E-state index >= 15 is 0 Å². The second-order valence-electron chi connectivity index (χ2n) is 4.98. The van der Waals surface area contributed by atoms with E-state index in [9.17, 15) is 0 Å². The summed E-state index contributed by atoms with van der Waals surface area (Å²) in [6.45, 7) is 2.45. The number of allylic oxidation sites excluding steroid dienone is 2. The van der Waals surface area contributed by atoms with Gasteiger partial charge in [0.15, 0.2) is 0 Å². The fourth-order valence-corrected chi connectivity index (χ4v) is 2.27. The van der Waals surface area contributed by atoms with Crippen LogP contribution in [-0.4, -0.2) is 13.1 Å². The van der Waals surface area contributed by atoms with E-state index in [0.717, 1.165) is 0 Å². The molecule has 0 saturated heterocycles. The van der Waals surface area contributed by atoms with Gasteiger partial charge in [0, 0.05) is 0 Å². The molecule has 0 aliphatic carbocycles. The molecule has 1 heteroatoms. The van der Waals surface area contributed by atoms with Crippen molar-refractivity contribution in [3.05, 3.63) is 12.2 Å². The molecule has 1 rings (SSSR count). The van der Waals surface area contributed by atoms with Crippen LogP contribution in [0.25, 0.3) is 0 Å². The summed E-state index contributed by atoms with van der Waals surface area (Å²) in [5.74, 6) is 0. The minimum atomic E-state index is 1.22. The first-order chi connectivity index (χ1) is 8.00. The van der Waals surface area contributed by atoms with E-state index < -0.39 is 0 Å². The third-order valence-electron chi connectivity index (χ3n) is 3.37. The quantitative estimate of drug-likeness (QED) is 0.599. The van der Waals surface area contributed by atoms with Gasteiger partial charge in [-0.1, -0.05) is 44.3 Å². The van der Waals surface area contributed by atoms with Crippen molar-refractivity contribution in [2.45, 2.75) is 70.6 Å². The summed E-state index contributed by atoms with van der Waals surface area (Å²) >= 11 is 0. The Balaban J connectivity index is 2.07. The maximum Gasteiger partial charge on any atom is -0.00488 e. The predicted octanol–water partition coefficient (Wildman–Crippen LogP) is 4.44. The molecule has 94 valence electrons. The standard InChI is InChI=1S/C15H29N/c1-2-4-6-8-10-12-14-16-15-13-11-9-7-5-3-1/h4,6,16H,1-3,5,7-15H2. The average Bonchev–Trinajstić information content (AvgIpc) is 2.29. The van der Waals surface area contributed by atoms with Gasteiger partial charge in [-0.3, -0.25) is 0 Å². The maximum absolute atomic E-state index is 3.54. The van der Waals surface area contributed by atoms with Gasteiger partial charge in [-0.15, -0.1) is 0 Å². The molecule has 1 aliphatic rings. The fraction of sp³-hybridized carbons (Fsp3) is 0.867. The van der Waals surface area contributed by atoms with Gasteiger partial charge in [0.1, 0.15) is 0 Å². The Hall–Kier alpha value is -0.300. The Bertz CT molecular complexity index is 145. The fourth-order valence-electron chi connectivity index (χ4n) is 2.27. The molecule has 0 aromatic carbocycles. The lowest BCUT2D eigenvalue weighted by atomic mass is 10.1. The van der Waals surface area contributed by atoms with Crippen LogP contribution < -0.4 is 5.32 Å². The van der Waals surface area contributed by atoms with Crippen molar-refractivity contribution >= 4 is 0 Å².